The van der Waals surface area contributed by atoms with E-state index in [1.165, 1.54) is 6.07 Å². The first-order valence-corrected chi connectivity index (χ1v) is 7.89. The van der Waals surface area contributed by atoms with E-state index in [0.717, 1.165) is 11.1 Å². The molecule has 0 spiro atoms. The average Bonchev–Trinajstić information content (AvgIpc) is 2.44. The van der Waals surface area contributed by atoms with Crippen molar-refractivity contribution < 1.29 is 13.2 Å². The number of anilines is 1. The molecule has 5 nitrogen and oxygen atoms in total. The molecule has 0 fully saturated rings. The van der Waals surface area contributed by atoms with E-state index in [0.29, 0.717) is 11.4 Å². The highest BCUT2D eigenvalue weighted by atomic mass is 32.2. The van der Waals surface area contributed by atoms with Gasteiger partial charge < -0.3 is 10.5 Å². The monoisotopic (exact) mass is 306 g/mol. The van der Waals surface area contributed by atoms with Gasteiger partial charge in [-0.25, -0.2) is 13.1 Å². The van der Waals surface area contributed by atoms with Crippen LogP contribution in [0.15, 0.2) is 47.4 Å². The maximum absolute atomic E-state index is 12.3. The highest BCUT2D eigenvalue weighted by Crippen LogP contribution is 2.19. The summed E-state index contributed by atoms with van der Waals surface area (Å²) in [5, 5.41) is 0. The summed E-state index contributed by atoms with van der Waals surface area (Å²) in [5.74, 6) is 0.643. The van der Waals surface area contributed by atoms with Crippen LogP contribution in [-0.2, 0) is 16.6 Å². The van der Waals surface area contributed by atoms with E-state index in [2.05, 4.69) is 4.72 Å². The number of hydrogen-bond acceptors (Lipinski definition) is 4. The first kappa shape index (κ1) is 15.3. The standard InChI is InChI=1S/C15H18N2O3S/c1-11-7-13(16)9-14(8-11)21(18,19)17-10-12-5-3-4-6-15(12)20-2/h3-9,17H,10,16H2,1-2H3. The molecule has 0 atom stereocenters. The van der Waals surface area contributed by atoms with Crippen LogP contribution in [0.2, 0.25) is 0 Å². The lowest BCUT2D eigenvalue weighted by atomic mass is 10.2. The Labute approximate surface area is 124 Å². The van der Waals surface area contributed by atoms with Gasteiger partial charge in [-0.3, -0.25) is 0 Å². The number of benzene rings is 2. The molecular weight excluding hydrogens is 288 g/mol. The van der Waals surface area contributed by atoms with Crippen LogP contribution < -0.4 is 15.2 Å². The van der Waals surface area contributed by atoms with Crippen molar-refractivity contribution in [3.05, 3.63) is 53.6 Å². The molecule has 0 aliphatic carbocycles. The molecule has 0 heterocycles. The van der Waals surface area contributed by atoms with Gasteiger partial charge >= 0.3 is 0 Å². The Balaban J connectivity index is 2.22. The molecule has 0 saturated carbocycles. The van der Waals surface area contributed by atoms with Gasteiger partial charge in [-0.1, -0.05) is 18.2 Å². The highest BCUT2D eigenvalue weighted by Gasteiger charge is 2.15. The van der Waals surface area contributed by atoms with Gasteiger partial charge in [0.15, 0.2) is 0 Å². The molecule has 21 heavy (non-hydrogen) atoms. The lowest BCUT2D eigenvalue weighted by molar-refractivity contribution is 0.409. The molecule has 6 heteroatoms. The molecule has 2 rings (SSSR count). The molecule has 0 unspecified atom stereocenters. The summed E-state index contributed by atoms with van der Waals surface area (Å²) in [6.45, 7) is 1.95. The van der Waals surface area contributed by atoms with Gasteiger partial charge in [-0.05, 0) is 36.8 Å². The van der Waals surface area contributed by atoms with E-state index in [9.17, 15) is 8.42 Å². The minimum absolute atomic E-state index is 0.153. The molecule has 112 valence electrons. The minimum atomic E-state index is -3.61. The second kappa shape index (κ2) is 6.15. The third-order valence-corrected chi connectivity index (χ3v) is 4.41. The maximum atomic E-state index is 12.3. The Morgan fingerprint density at radius 2 is 1.90 bits per heavy atom. The van der Waals surface area contributed by atoms with Gasteiger partial charge in [0.05, 0.1) is 12.0 Å². The molecular formula is C15H18N2O3S. The SMILES string of the molecule is COc1ccccc1CNS(=O)(=O)c1cc(C)cc(N)c1. The van der Waals surface area contributed by atoms with Crippen LogP contribution in [0.1, 0.15) is 11.1 Å². The molecule has 3 N–H and O–H groups in total. The van der Waals surface area contributed by atoms with E-state index in [-0.39, 0.29) is 11.4 Å². The smallest absolute Gasteiger partial charge is 0.240 e. The number of nitrogen functional groups attached to an aromatic ring is 1. The predicted octanol–water partition coefficient (Wildman–Crippen LogP) is 2.06. The molecule has 0 aromatic heterocycles. The first-order valence-electron chi connectivity index (χ1n) is 6.41. The largest absolute Gasteiger partial charge is 0.496 e. The minimum Gasteiger partial charge on any atom is -0.496 e. The van der Waals surface area contributed by atoms with Gasteiger partial charge in [0.25, 0.3) is 0 Å². The molecule has 0 bridgehead atoms. The van der Waals surface area contributed by atoms with Crippen LogP contribution in [0.4, 0.5) is 5.69 Å². The number of aryl methyl sites for hydroxylation is 1. The number of rotatable bonds is 5. The third-order valence-electron chi connectivity index (χ3n) is 3.03. The van der Waals surface area contributed by atoms with E-state index in [4.69, 9.17) is 10.5 Å². The summed E-state index contributed by atoms with van der Waals surface area (Å²) < 4.78 is 32.4. The van der Waals surface area contributed by atoms with Gasteiger partial charge in [-0.2, -0.15) is 0 Å². The summed E-state index contributed by atoms with van der Waals surface area (Å²) in [7, 11) is -2.06. The molecule has 2 aromatic carbocycles. The van der Waals surface area contributed by atoms with Crippen molar-refractivity contribution in [1.29, 1.82) is 0 Å². The number of methoxy groups -OCH3 is 1. The maximum Gasteiger partial charge on any atom is 0.240 e. The van der Waals surface area contributed by atoms with Crippen LogP contribution in [0.5, 0.6) is 5.75 Å². The van der Waals surface area contributed by atoms with Gasteiger partial charge in [0.1, 0.15) is 5.75 Å². The number of para-hydroxylation sites is 1. The number of hydrogen-bond donors (Lipinski definition) is 2. The molecule has 0 saturated heterocycles. The molecule has 0 aliphatic rings. The van der Waals surface area contributed by atoms with Crippen LogP contribution in [0.25, 0.3) is 0 Å². The Bertz CT molecular complexity index is 722. The van der Waals surface area contributed by atoms with Crippen molar-refractivity contribution >= 4 is 15.7 Å². The van der Waals surface area contributed by atoms with Crippen molar-refractivity contribution in [3.63, 3.8) is 0 Å². The van der Waals surface area contributed by atoms with Gasteiger partial charge in [-0.15, -0.1) is 0 Å². The van der Waals surface area contributed by atoms with Crippen LogP contribution >= 0.6 is 0 Å². The normalized spacial score (nSPS) is 11.3. The molecule has 0 radical (unpaired) electrons. The van der Waals surface area contributed by atoms with E-state index < -0.39 is 10.0 Å². The average molecular weight is 306 g/mol. The second-order valence-electron chi connectivity index (χ2n) is 4.72. The number of sulfonamides is 1. The first-order chi connectivity index (χ1) is 9.92. The van der Waals surface area contributed by atoms with Crippen molar-refractivity contribution in [2.24, 2.45) is 0 Å². The summed E-state index contributed by atoms with van der Waals surface area (Å²) in [6.07, 6.45) is 0. The Hall–Kier alpha value is -2.05. The third kappa shape index (κ3) is 3.74. The summed E-state index contributed by atoms with van der Waals surface area (Å²) >= 11 is 0. The summed E-state index contributed by atoms with van der Waals surface area (Å²) in [4.78, 5) is 0.162. The lowest BCUT2D eigenvalue weighted by Crippen LogP contribution is -2.23. The number of nitrogens with one attached hydrogen (secondary N) is 1. The lowest BCUT2D eigenvalue weighted by Gasteiger charge is -2.11. The number of ether oxygens (including phenoxy) is 1. The van der Waals surface area contributed by atoms with Crippen molar-refractivity contribution in [3.8, 4) is 5.75 Å². The van der Waals surface area contributed by atoms with E-state index in [1.54, 1.807) is 32.2 Å². The molecule has 2 aromatic rings. The fraction of sp³-hybridized carbons (Fsp3) is 0.200. The fourth-order valence-corrected chi connectivity index (χ4v) is 3.18. The van der Waals surface area contributed by atoms with Crippen molar-refractivity contribution in [2.45, 2.75) is 18.4 Å². The quantitative estimate of drug-likeness (QED) is 0.829. The highest BCUT2D eigenvalue weighted by molar-refractivity contribution is 7.89. The second-order valence-corrected chi connectivity index (χ2v) is 6.48. The van der Waals surface area contributed by atoms with Crippen LogP contribution in [0, 0.1) is 6.92 Å². The zero-order valence-electron chi connectivity index (χ0n) is 12.0. The van der Waals surface area contributed by atoms with E-state index in [1.807, 2.05) is 18.2 Å². The molecule has 0 amide bonds. The Morgan fingerprint density at radius 1 is 1.19 bits per heavy atom. The summed E-state index contributed by atoms with van der Waals surface area (Å²) in [5.41, 5.74) is 7.69. The zero-order chi connectivity index (χ0) is 15.5. The van der Waals surface area contributed by atoms with Crippen molar-refractivity contribution in [2.75, 3.05) is 12.8 Å². The summed E-state index contributed by atoms with van der Waals surface area (Å²) in [6, 6.07) is 12.0. The van der Waals surface area contributed by atoms with Gasteiger partial charge in [0, 0.05) is 17.8 Å². The zero-order valence-corrected chi connectivity index (χ0v) is 12.8. The Morgan fingerprint density at radius 3 is 2.57 bits per heavy atom. The van der Waals surface area contributed by atoms with Crippen LogP contribution in [-0.4, -0.2) is 15.5 Å². The topological polar surface area (TPSA) is 81.4 Å². The molecule has 0 aliphatic heterocycles. The van der Waals surface area contributed by atoms with Crippen molar-refractivity contribution in [1.82, 2.24) is 4.72 Å². The van der Waals surface area contributed by atoms with Gasteiger partial charge in [0.2, 0.25) is 10.0 Å². The number of nitrogens with two attached hydrogens (primary N) is 1. The predicted molar refractivity (Wildman–Crippen MR) is 82.6 cm³/mol. The van der Waals surface area contributed by atoms with E-state index >= 15 is 0 Å². The fourth-order valence-electron chi connectivity index (χ4n) is 2.04. The Kier molecular flexibility index (Phi) is 4.50. The van der Waals surface area contributed by atoms with Crippen LogP contribution in [0.3, 0.4) is 0 Å².